The van der Waals surface area contributed by atoms with Gasteiger partial charge in [-0.2, -0.15) is 0 Å². The smallest absolute Gasteiger partial charge is 0.314 e. The van der Waals surface area contributed by atoms with E-state index in [4.69, 9.17) is 18.9 Å². The molecule has 14 heteroatoms. The summed E-state index contributed by atoms with van der Waals surface area (Å²) in [6, 6.07) is 0. The van der Waals surface area contributed by atoms with Crippen LogP contribution in [0.5, 0.6) is 0 Å². The molecule has 0 amide bonds. The zero-order valence-electron chi connectivity index (χ0n) is 33.9. The van der Waals surface area contributed by atoms with Crippen LogP contribution in [0.1, 0.15) is 106 Å². The number of fused-ring (bicyclic) bond motifs is 7. The first-order valence-corrected chi connectivity index (χ1v) is 20.9. The zero-order valence-corrected chi connectivity index (χ0v) is 33.9. The lowest BCUT2D eigenvalue weighted by molar-refractivity contribution is -0.366. The van der Waals surface area contributed by atoms with Crippen molar-refractivity contribution in [2.75, 3.05) is 6.61 Å². The molecule has 7 aliphatic rings. The Bertz CT molecular complexity index is 1550. The molecule has 56 heavy (non-hydrogen) atoms. The third-order valence-corrected chi connectivity index (χ3v) is 17.4. The molecule has 0 aromatic heterocycles. The molecule has 14 nitrogen and oxygen atoms in total. The molecule has 0 aromatic carbocycles. The molecule has 8 N–H and O–H groups in total. The number of carboxylic acids is 2. The van der Waals surface area contributed by atoms with E-state index in [9.17, 15) is 50.4 Å². The van der Waals surface area contributed by atoms with E-state index in [-0.39, 0.29) is 29.1 Å². The van der Waals surface area contributed by atoms with Gasteiger partial charge in [0.05, 0.1) is 29.6 Å². The minimum absolute atomic E-state index is 0.0113. The summed E-state index contributed by atoms with van der Waals surface area (Å²) in [5.41, 5.74) is -2.66. The topological polar surface area (TPSA) is 233 Å². The summed E-state index contributed by atoms with van der Waals surface area (Å²) in [6.07, 6.45) is -7.03. The second-order valence-electron chi connectivity index (χ2n) is 20.0. The lowest BCUT2D eigenvalue weighted by Crippen LogP contribution is -2.68. The molecule has 7 rings (SSSR count). The average Bonchev–Trinajstić information content (AvgIpc) is 3.14. The Hall–Kier alpha value is -1.72. The number of hydrogen-bond acceptors (Lipinski definition) is 12. The number of aliphatic carboxylic acids is 2. The minimum Gasteiger partial charge on any atom is -0.481 e. The van der Waals surface area contributed by atoms with Crippen molar-refractivity contribution in [1.29, 1.82) is 0 Å². The molecular formula is C42H66O14. The Morgan fingerprint density at radius 1 is 0.750 bits per heavy atom. The average molecular weight is 795 g/mol. The molecule has 318 valence electrons. The van der Waals surface area contributed by atoms with Crippen LogP contribution in [0, 0.1) is 56.7 Å². The maximum absolute atomic E-state index is 13.9. The zero-order chi connectivity index (χ0) is 41.1. The normalized spacial score (nSPS) is 54.1. The van der Waals surface area contributed by atoms with Crippen molar-refractivity contribution < 1.29 is 69.4 Å². The predicted molar refractivity (Wildman–Crippen MR) is 198 cm³/mol. The molecule has 2 aliphatic heterocycles. The van der Waals surface area contributed by atoms with Gasteiger partial charge in [-0.15, -0.1) is 0 Å². The van der Waals surface area contributed by atoms with Crippen molar-refractivity contribution in [3.8, 4) is 0 Å². The van der Waals surface area contributed by atoms with Crippen LogP contribution < -0.4 is 0 Å². The first-order chi connectivity index (χ1) is 26.1. The first-order valence-electron chi connectivity index (χ1n) is 20.9. The van der Waals surface area contributed by atoms with Crippen LogP contribution in [-0.2, 0) is 28.5 Å². The van der Waals surface area contributed by atoms with Crippen LogP contribution in [0.15, 0.2) is 11.6 Å². The van der Waals surface area contributed by atoms with E-state index < -0.39 is 108 Å². The third kappa shape index (κ3) is 5.85. The van der Waals surface area contributed by atoms with E-state index in [1.54, 1.807) is 0 Å². The summed E-state index contributed by atoms with van der Waals surface area (Å²) >= 11 is 0. The van der Waals surface area contributed by atoms with Crippen LogP contribution in [0.25, 0.3) is 0 Å². The summed E-state index contributed by atoms with van der Waals surface area (Å²) < 4.78 is 23.9. The van der Waals surface area contributed by atoms with Crippen LogP contribution in [-0.4, -0.2) is 127 Å². The van der Waals surface area contributed by atoms with Gasteiger partial charge in [-0.05, 0) is 111 Å². The Kier molecular flexibility index (Phi) is 11.0. The number of hydrogen-bond donors (Lipinski definition) is 8. The van der Waals surface area contributed by atoms with E-state index in [2.05, 4.69) is 47.6 Å². The molecule has 20 atom stereocenters. The third-order valence-electron chi connectivity index (χ3n) is 17.4. The van der Waals surface area contributed by atoms with Gasteiger partial charge in [0.1, 0.15) is 42.7 Å². The first kappa shape index (κ1) is 42.4. The number of rotatable bonds is 7. The standard InChI is InChI=1S/C42H66O14/c1-19-10-15-41(36(49)50)16-17-42(37(51)52)22(27(41)20(19)2)8-9-25-39(6)13-12-26(38(4,5)24(39)11-14-40(25,42)7)55-35-32(48)30(46)33(23(18-43)54-35)56-34-31(47)29(45)28(44)21(3)53-34/h8,19-21,23-35,43-48H,9-18H2,1-7H3,(H,49,50)(H,51,52)/t19-,20+,21-,23-,24?,25-,26+,27+,28-,29+,30-,31-,32-,33+,34+,35+,39+,40-,41+,42-/m1/s1. The van der Waals surface area contributed by atoms with Crippen LogP contribution in [0.2, 0.25) is 0 Å². The van der Waals surface area contributed by atoms with Gasteiger partial charge in [-0.1, -0.05) is 53.2 Å². The number of carbonyl (C=O) groups is 2. The van der Waals surface area contributed by atoms with Crippen molar-refractivity contribution in [2.45, 2.75) is 174 Å². The van der Waals surface area contributed by atoms with Crippen LogP contribution in [0.3, 0.4) is 0 Å². The second kappa shape index (κ2) is 14.5. The summed E-state index contributed by atoms with van der Waals surface area (Å²) in [4.78, 5) is 27.0. The van der Waals surface area contributed by atoms with Gasteiger partial charge in [0.2, 0.25) is 0 Å². The summed E-state index contributed by atoms with van der Waals surface area (Å²) in [5, 5.41) is 85.9. The Balaban J connectivity index is 1.12. The summed E-state index contributed by atoms with van der Waals surface area (Å²) in [7, 11) is 0. The van der Waals surface area contributed by atoms with Crippen molar-refractivity contribution in [3.63, 3.8) is 0 Å². The Labute approximate surface area is 329 Å². The monoisotopic (exact) mass is 794 g/mol. The van der Waals surface area contributed by atoms with Gasteiger partial charge in [0.15, 0.2) is 12.6 Å². The molecular weight excluding hydrogens is 728 g/mol. The minimum atomic E-state index is -1.67. The molecule has 1 unspecified atom stereocenters. The SMILES string of the molecule is C[C@H]1[C@H](C)CC[C@]2(C(=O)O)CC[C@]3(C(=O)O)C(=CC[C@@H]4[C@@]5(C)CC[C@H](O[C@@H]6O[C@H](CO)[C@H](O[C@@H]7O[C@H](C)[C@@H](O)[C@H](O)[C@H]7O)[C@H](O)[C@H]6O)C(C)(C)C5CC[C@]43C)[C@H]12. The quantitative estimate of drug-likeness (QED) is 0.137. The second-order valence-corrected chi connectivity index (χ2v) is 20.0. The molecule has 2 saturated heterocycles. The molecule has 6 fully saturated rings. The fourth-order valence-electron chi connectivity index (χ4n) is 14.0. The van der Waals surface area contributed by atoms with Gasteiger partial charge in [0.25, 0.3) is 0 Å². The molecule has 0 aromatic rings. The van der Waals surface area contributed by atoms with Gasteiger partial charge in [0, 0.05) is 0 Å². The fraction of sp³-hybridized carbons (Fsp3) is 0.905. The van der Waals surface area contributed by atoms with E-state index >= 15 is 0 Å². The maximum atomic E-state index is 13.9. The van der Waals surface area contributed by atoms with Gasteiger partial charge < -0.3 is 59.8 Å². The van der Waals surface area contributed by atoms with E-state index in [0.29, 0.717) is 50.9 Å². The Morgan fingerprint density at radius 2 is 1.41 bits per heavy atom. The molecule has 0 spiro atoms. The summed E-state index contributed by atoms with van der Waals surface area (Å²) in [5.74, 6) is -1.53. The van der Waals surface area contributed by atoms with E-state index in [1.165, 1.54) is 6.92 Å². The van der Waals surface area contributed by atoms with Crippen LogP contribution >= 0.6 is 0 Å². The number of aliphatic hydroxyl groups excluding tert-OH is 6. The predicted octanol–water partition coefficient (Wildman–Crippen LogP) is 2.83. The molecule has 2 heterocycles. The van der Waals surface area contributed by atoms with Crippen molar-refractivity contribution in [3.05, 3.63) is 11.6 Å². The lowest BCUT2D eigenvalue weighted by Gasteiger charge is -2.70. The lowest BCUT2D eigenvalue weighted by atomic mass is 9.33. The van der Waals surface area contributed by atoms with Crippen molar-refractivity contribution in [2.24, 2.45) is 56.7 Å². The number of ether oxygens (including phenoxy) is 4. The van der Waals surface area contributed by atoms with E-state index in [0.717, 1.165) is 18.4 Å². The fourth-order valence-corrected chi connectivity index (χ4v) is 14.0. The number of allylic oxidation sites excluding steroid dienone is 1. The highest BCUT2D eigenvalue weighted by molar-refractivity contribution is 5.84. The highest BCUT2D eigenvalue weighted by Gasteiger charge is 2.73. The highest BCUT2D eigenvalue weighted by Crippen LogP contribution is 2.76. The largest absolute Gasteiger partial charge is 0.481 e. The van der Waals surface area contributed by atoms with Crippen LogP contribution in [0.4, 0.5) is 0 Å². The molecule has 0 bridgehead atoms. The van der Waals surface area contributed by atoms with Gasteiger partial charge in [-0.3, -0.25) is 9.59 Å². The molecule has 0 radical (unpaired) electrons. The highest BCUT2D eigenvalue weighted by atomic mass is 16.7. The maximum Gasteiger partial charge on any atom is 0.314 e. The molecule has 5 aliphatic carbocycles. The summed E-state index contributed by atoms with van der Waals surface area (Å²) in [6.45, 7) is 13.9. The Morgan fingerprint density at radius 3 is 2.05 bits per heavy atom. The number of carboxylic acid groups (broad SMARTS) is 2. The van der Waals surface area contributed by atoms with Crippen molar-refractivity contribution >= 4 is 11.9 Å². The van der Waals surface area contributed by atoms with Gasteiger partial charge in [-0.25, -0.2) is 0 Å². The van der Waals surface area contributed by atoms with Crippen molar-refractivity contribution in [1.82, 2.24) is 0 Å². The number of aliphatic hydroxyl groups is 6. The van der Waals surface area contributed by atoms with E-state index in [1.807, 2.05) is 0 Å². The van der Waals surface area contributed by atoms with Gasteiger partial charge >= 0.3 is 11.9 Å². The molecule has 4 saturated carbocycles.